The summed E-state index contributed by atoms with van der Waals surface area (Å²) in [6, 6.07) is 6.72. The minimum absolute atomic E-state index is 0.345. The number of anilines is 2. The van der Waals surface area contributed by atoms with Gasteiger partial charge in [-0.05, 0) is 37.1 Å². The van der Waals surface area contributed by atoms with E-state index in [1.165, 1.54) is 12.3 Å². The number of pyridine rings is 2. The Morgan fingerprint density at radius 2 is 1.87 bits per heavy atom. The van der Waals surface area contributed by atoms with Crippen LogP contribution in [0.25, 0.3) is 0 Å². The van der Waals surface area contributed by atoms with E-state index < -0.39 is 11.9 Å². The summed E-state index contributed by atoms with van der Waals surface area (Å²) in [7, 11) is 0. The first-order valence-electron chi connectivity index (χ1n) is 7.47. The van der Waals surface area contributed by atoms with Gasteiger partial charge in [0.2, 0.25) is 0 Å². The van der Waals surface area contributed by atoms with E-state index in [1.807, 2.05) is 12.1 Å². The lowest BCUT2D eigenvalue weighted by molar-refractivity contribution is -0.141. The van der Waals surface area contributed by atoms with E-state index in [0.717, 1.165) is 43.4 Å². The zero-order valence-electron chi connectivity index (χ0n) is 12.4. The third-order valence-electron chi connectivity index (χ3n) is 3.93. The van der Waals surface area contributed by atoms with E-state index in [4.69, 9.17) is 0 Å². The Labute approximate surface area is 132 Å². The molecule has 0 spiro atoms. The van der Waals surface area contributed by atoms with E-state index in [0.29, 0.717) is 6.04 Å². The molecule has 2 aromatic heterocycles. The van der Waals surface area contributed by atoms with E-state index in [1.54, 1.807) is 12.4 Å². The molecule has 3 rings (SSSR count). The van der Waals surface area contributed by atoms with Gasteiger partial charge in [-0.25, -0.2) is 4.98 Å². The summed E-state index contributed by atoms with van der Waals surface area (Å²) in [4.78, 5) is 9.65. The van der Waals surface area contributed by atoms with Gasteiger partial charge in [0.25, 0.3) is 0 Å². The van der Waals surface area contributed by atoms with Crippen molar-refractivity contribution in [2.24, 2.45) is 0 Å². The van der Waals surface area contributed by atoms with Crippen molar-refractivity contribution in [2.45, 2.75) is 25.1 Å². The zero-order valence-corrected chi connectivity index (χ0v) is 12.4. The number of halogens is 3. The summed E-state index contributed by atoms with van der Waals surface area (Å²) in [6.45, 7) is 1.57. The molecule has 0 bridgehead atoms. The first-order valence-corrected chi connectivity index (χ1v) is 7.47. The third-order valence-corrected chi connectivity index (χ3v) is 3.93. The van der Waals surface area contributed by atoms with Gasteiger partial charge >= 0.3 is 6.18 Å². The first-order chi connectivity index (χ1) is 11.0. The van der Waals surface area contributed by atoms with Crippen LogP contribution in [0.4, 0.5) is 24.5 Å². The number of rotatable bonds is 3. The molecule has 0 aromatic carbocycles. The minimum atomic E-state index is -4.39. The molecule has 0 aliphatic carbocycles. The molecule has 0 radical (unpaired) electrons. The monoisotopic (exact) mass is 322 g/mol. The number of aromatic nitrogens is 2. The highest BCUT2D eigenvalue weighted by Gasteiger charge is 2.32. The number of hydrogen-bond donors (Lipinski definition) is 1. The van der Waals surface area contributed by atoms with Gasteiger partial charge in [0, 0.05) is 31.5 Å². The van der Waals surface area contributed by atoms with Crippen LogP contribution in [0.2, 0.25) is 0 Å². The summed E-state index contributed by atoms with van der Waals surface area (Å²) < 4.78 is 37.6. The van der Waals surface area contributed by atoms with Gasteiger partial charge in [0.05, 0.1) is 17.6 Å². The van der Waals surface area contributed by atoms with E-state index in [-0.39, 0.29) is 0 Å². The lowest BCUT2D eigenvalue weighted by Crippen LogP contribution is -2.39. The van der Waals surface area contributed by atoms with E-state index in [2.05, 4.69) is 20.2 Å². The summed E-state index contributed by atoms with van der Waals surface area (Å²) in [5.74, 6) is 0. The molecule has 0 atom stereocenters. The Morgan fingerprint density at radius 1 is 1.09 bits per heavy atom. The second-order valence-corrected chi connectivity index (χ2v) is 5.55. The van der Waals surface area contributed by atoms with Gasteiger partial charge in [-0.1, -0.05) is 0 Å². The smallest absolute Gasteiger partial charge is 0.381 e. The van der Waals surface area contributed by atoms with Crippen molar-refractivity contribution in [3.8, 4) is 0 Å². The second kappa shape index (κ2) is 6.44. The molecule has 122 valence electrons. The van der Waals surface area contributed by atoms with Crippen LogP contribution in [-0.2, 0) is 6.18 Å². The highest BCUT2D eigenvalue weighted by Crippen LogP contribution is 2.29. The summed E-state index contributed by atoms with van der Waals surface area (Å²) in [5.41, 5.74) is 0.870. The number of piperidine rings is 1. The van der Waals surface area contributed by atoms with E-state index >= 15 is 0 Å². The van der Waals surface area contributed by atoms with Crippen LogP contribution >= 0.6 is 0 Å². The predicted octanol–water partition coefficient (Wildman–Crippen LogP) is 3.58. The number of nitrogens with one attached hydrogen (secondary N) is 1. The van der Waals surface area contributed by atoms with Gasteiger partial charge in [-0.15, -0.1) is 0 Å². The number of nitrogens with zero attached hydrogens (tertiary/aromatic N) is 3. The Morgan fingerprint density at radius 3 is 2.43 bits per heavy atom. The molecule has 0 amide bonds. The average molecular weight is 322 g/mol. The van der Waals surface area contributed by atoms with Crippen molar-refractivity contribution in [1.29, 1.82) is 0 Å². The standard InChI is InChI=1S/C16H17F3N4/c17-16(18,19)15-4-3-14(11-21-15)23-8-5-12(6-9-23)22-13-2-1-7-20-10-13/h1-4,7,10-12,22H,5-6,8-9H2. The van der Waals surface area contributed by atoms with Gasteiger partial charge in [-0.3, -0.25) is 4.98 Å². The highest BCUT2D eigenvalue weighted by atomic mass is 19.4. The van der Waals surface area contributed by atoms with Crippen molar-refractivity contribution in [3.63, 3.8) is 0 Å². The topological polar surface area (TPSA) is 41.0 Å². The summed E-state index contributed by atoms with van der Waals surface area (Å²) in [6.07, 6.45) is 2.25. The molecule has 1 saturated heterocycles. The molecule has 4 nitrogen and oxygen atoms in total. The normalized spacial score (nSPS) is 16.4. The number of alkyl halides is 3. The highest BCUT2D eigenvalue weighted by molar-refractivity contribution is 5.46. The average Bonchev–Trinajstić information content (AvgIpc) is 2.56. The number of hydrogen-bond acceptors (Lipinski definition) is 4. The van der Waals surface area contributed by atoms with Gasteiger partial charge in [0.1, 0.15) is 5.69 Å². The maximum atomic E-state index is 12.5. The molecule has 1 N–H and O–H groups in total. The largest absolute Gasteiger partial charge is 0.433 e. The van der Waals surface area contributed by atoms with E-state index in [9.17, 15) is 13.2 Å². The quantitative estimate of drug-likeness (QED) is 0.938. The molecule has 3 heterocycles. The lowest BCUT2D eigenvalue weighted by atomic mass is 10.0. The fraction of sp³-hybridized carbons (Fsp3) is 0.375. The molecule has 1 fully saturated rings. The Hall–Kier alpha value is -2.31. The van der Waals surface area contributed by atoms with Gasteiger partial charge < -0.3 is 10.2 Å². The molecular formula is C16H17F3N4. The molecule has 7 heteroatoms. The van der Waals surface area contributed by atoms with Crippen LogP contribution < -0.4 is 10.2 Å². The second-order valence-electron chi connectivity index (χ2n) is 5.55. The first kappa shape index (κ1) is 15.6. The van der Waals surface area contributed by atoms with Crippen molar-refractivity contribution < 1.29 is 13.2 Å². The summed E-state index contributed by atoms with van der Waals surface area (Å²) in [5, 5.41) is 3.43. The summed E-state index contributed by atoms with van der Waals surface area (Å²) >= 11 is 0. The van der Waals surface area contributed by atoms with Crippen molar-refractivity contribution >= 4 is 11.4 Å². The van der Waals surface area contributed by atoms with Crippen LogP contribution in [0.3, 0.4) is 0 Å². The van der Waals surface area contributed by atoms with Crippen LogP contribution in [-0.4, -0.2) is 29.1 Å². The molecule has 1 aliphatic rings. The third kappa shape index (κ3) is 3.91. The minimum Gasteiger partial charge on any atom is -0.381 e. The lowest BCUT2D eigenvalue weighted by Gasteiger charge is -2.34. The van der Waals surface area contributed by atoms with Crippen molar-refractivity contribution in [2.75, 3.05) is 23.3 Å². The molecule has 0 unspecified atom stereocenters. The molecule has 23 heavy (non-hydrogen) atoms. The molecular weight excluding hydrogens is 305 g/mol. The molecule has 2 aromatic rings. The maximum absolute atomic E-state index is 12.5. The van der Waals surface area contributed by atoms with Crippen LogP contribution in [0.5, 0.6) is 0 Å². The van der Waals surface area contributed by atoms with Gasteiger partial charge in [-0.2, -0.15) is 13.2 Å². The molecule has 0 saturated carbocycles. The fourth-order valence-electron chi connectivity index (χ4n) is 2.71. The fourth-order valence-corrected chi connectivity index (χ4v) is 2.71. The predicted molar refractivity (Wildman–Crippen MR) is 82.3 cm³/mol. The maximum Gasteiger partial charge on any atom is 0.433 e. The van der Waals surface area contributed by atoms with Crippen molar-refractivity contribution in [1.82, 2.24) is 9.97 Å². The van der Waals surface area contributed by atoms with Crippen LogP contribution in [0, 0.1) is 0 Å². The van der Waals surface area contributed by atoms with Gasteiger partial charge in [0.15, 0.2) is 0 Å². The van der Waals surface area contributed by atoms with Crippen LogP contribution in [0.1, 0.15) is 18.5 Å². The zero-order chi connectivity index (χ0) is 16.3. The molecule has 1 aliphatic heterocycles. The Balaban J connectivity index is 1.56. The SMILES string of the molecule is FC(F)(F)c1ccc(N2CCC(Nc3cccnc3)CC2)cn1. The Bertz CT molecular complexity index is 620. The van der Waals surface area contributed by atoms with Crippen LogP contribution in [0.15, 0.2) is 42.9 Å². The Kier molecular flexibility index (Phi) is 4.36. The van der Waals surface area contributed by atoms with Crippen molar-refractivity contribution in [3.05, 3.63) is 48.5 Å².